The van der Waals surface area contributed by atoms with Crippen LogP contribution in [0.15, 0.2) is 46.9 Å². The van der Waals surface area contributed by atoms with E-state index in [1.807, 2.05) is 31.2 Å². The molecule has 0 bridgehead atoms. The summed E-state index contributed by atoms with van der Waals surface area (Å²) < 4.78 is 13.8. The number of carbonyl (C=O) groups is 1. The number of anilines is 1. The van der Waals surface area contributed by atoms with E-state index in [4.69, 9.17) is 0 Å². The third-order valence-corrected chi connectivity index (χ3v) is 3.54. The molecule has 0 aliphatic carbocycles. The van der Waals surface area contributed by atoms with E-state index in [-0.39, 0.29) is 5.91 Å². The third-order valence-electron chi connectivity index (χ3n) is 2.89. The second-order valence-corrected chi connectivity index (χ2v) is 5.18. The number of carbonyl (C=O) groups excluding carboxylic acids is 1. The molecule has 2 rings (SSSR count). The smallest absolute Gasteiger partial charge is 0.258 e. The van der Waals surface area contributed by atoms with E-state index >= 15 is 0 Å². The van der Waals surface area contributed by atoms with E-state index in [2.05, 4.69) is 15.9 Å². The molecule has 0 saturated heterocycles. The van der Waals surface area contributed by atoms with Gasteiger partial charge in [0.25, 0.3) is 5.91 Å². The topological polar surface area (TPSA) is 20.3 Å². The maximum atomic E-state index is 13.4. The molecule has 4 heteroatoms. The molecule has 98 valence electrons. The maximum absolute atomic E-state index is 13.4. The summed E-state index contributed by atoms with van der Waals surface area (Å²) in [4.78, 5) is 13.7. The van der Waals surface area contributed by atoms with Crippen LogP contribution in [0.25, 0.3) is 0 Å². The number of nitrogens with zero attached hydrogens (tertiary/aromatic N) is 1. The summed E-state index contributed by atoms with van der Waals surface area (Å²) in [5.41, 5.74) is 2.22. The summed E-state index contributed by atoms with van der Waals surface area (Å²) >= 11 is 3.07. The Morgan fingerprint density at radius 2 is 1.79 bits per heavy atom. The number of halogens is 2. The maximum Gasteiger partial charge on any atom is 0.258 e. The fourth-order valence-electron chi connectivity index (χ4n) is 1.71. The number of amides is 1. The fourth-order valence-corrected chi connectivity index (χ4v) is 1.96. The van der Waals surface area contributed by atoms with Crippen molar-refractivity contribution in [1.29, 1.82) is 0 Å². The van der Waals surface area contributed by atoms with E-state index in [1.54, 1.807) is 13.1 Å². The molecule has 0 N–H and O–H groups in total. The normalized spacial score (nSPS) is 10.3. The Morgan fingerprint density at radius 3 is 2.37 bits per heavy atom. The highest BCUT2D eigenvalue weighted by Gasteiger charge is 2.14. The van der Waals surface area contributed by atoms with Crippen molar-refractivity contribution >= 4 is 27.5 Å². The number of rotatable bonds is 2. The summed E-state index contributed by atoms with van der Waals surface area (Å²) in [6.45, 7) is 1.98. The van der Waals surface area contributed by atoms with Crippen molar-refractivity contribution in [3.8, 4) is 0 Å². The first-order valence-corrected chi connectivity index (χ1v) is 6.58. The van der Waals surface area contributed by atoms with E-state index in [0.29, 0.717) is 10.0 Å². The Morgan fingerprint density at radius 1 is 1.16 bits per heavy atom. The Kier molecular flexibility index (Phi) is 4.00. The van der Waals surface area contributed by atoms with Crippen molar-refractivity contribution in [2.24, 2.45) is 0 Å². The number of hydrogen-bond acceptors (Lipinski definition) is 1. The average Bonchev–Trinajstić information content (AvgIpc) is 2.41. The van der Waals surface area contributed by atoms with Crippen LogP contribution in [-0.4, -0.2) is 13.0 Å². The Bertz CT molecular complexity index is 610. The lowest BCUT2D eigenvalue weighted by atomic mass is 10.1. The van der Waals surface area contributed by atoms with E-state index in [1.165, 1.54) is 17.0 Å². The SMILES string of the molecule is Cc1ccc(N(C)C(=O)c2ccc(Br)c(F)c2)cc1. The monoisotopic (exact) mass is 321 g/mol. The second-order valence-electron chi connectivity index (χ2n) is 4.33. The van der Waals surface area contributed by atoms with Crippen LogP contribution >= 0.6 is 15.9 Å². The predicted molar refractivity (Wildman–Crippen MR) is 78.0 cm³/mol. The van der Waals surface area contributed by atoms with Gasteiger partial charge in [-0.25, -0.2) is 4.39 Å². The van der Waals surface area contributed by atoms with Crippen molar-refractivity contribution in [2.75, 3.05) is 11.9 Å². The Hall–Kier alpha value is -1.68. The van der Waals surface area contributed by atoms with Crippen LogP contribution in [0.5, 0.6) is 0 Å². The third kappa shape index (κ3) is 3.01. The molecule has 0 aliphatic heterocycles. The van der Waals surface area contributed by atoms with Crippen LogP contribution in [0.4, 0.5) is 10.1 Å². The Labute approximate surface area is 120 Å². The molecule has 0 fully saturated rings. The number of benzene rings is 2. The zero-order chi connectivity index (χ0) is 14.0. The van der Waals surface area contributed by atoms with Crippen LogP contribution in [0.1, 0.15) is 15.9 Å². The molecule has 2 aromatic carbocycles. The molecule has 2 aromatic rings. The molecule has 0 heterocycles. The molecule has 0 aromatic heterocycles. The molecule has 0 saturated carbocycles. The summed E-state index contributed by atoms with van der Waals surface area (Å²) in [5, 5.41) is 0. The van der Waals surface area contributed by atoms with Crippen LogP contribution in [0.3, 0.4) is 0 Å². The van der Waals surface area contributed by atoms with E-state index in [0.717, 1.165) is 11.3 Å². The van der Waals surface area contributed by atoms with Crippen molar-refractivity contribution in [2.45, 2.75) is 6.92 Å². The summed E-state index contributed by atoms with van der Waals surface area (Å²) in [7, 11) is 1.67. The lowest BCUT2D eigenvalue weighted by molar-refractivity contribution is 0.0992. The van der Waals surface area contributed by atoms with Gasteiger partial charge in [-0.3, -0.25) is 4.79 Å². The molecule has 19 heavy (non-hydrogen) atoms. The molecule has 0 unspecified atom stereocenters. The molecular weight excluding hydrogens is 309 g/mol. The van der Waals surface area contributed by atoms with Gasteiger partial charge >= 0.3 is 0 Å². The largest absolute Gasteiger partial charge is 0.311 e. The zero-order valence-electron chi connectivity index (χ0n) is 10.7. The highest BCUT2D eigenvalue weighted by molar-refractivity contribution is 9.10. The minimum absolute atomic E-state index is 0.241. The summed E-state index contributed by atoms with van der Waals surface area (Å²) in [6, 6.07) is 12.0. The average molecular weight is 322 g/mol. The molecule has 0 radical (unpaired) electrons. The number of aryl methyl sites for hydroxylation is 1. The van der Waals surface area contributed by atoms with Gasteiger partial charge in [0.05, 0.1) is 4.47 Å². The quantitative estimate of drug-likeness (QED) is 0.812. The minimum Gasteiger partial charge on any atom is -0.311 e. The van der Waals surface area contributed by atoms with Crippen molar-refractivity contribution in [3.63, 3.8) is 0 Å². The first kappa shape index (κ1) is 13.7. The first-order valence-electron chi connectivity index (χ1n) is 5.79. The predicted octanol–water partition coefficient (Wildman–Crippen LogP) is 4.17. The van der Waals surface area contributed by atoms with Crippen LogP contribution < -0.4 is 4.90 Å². The molecule has 2 nitrogen and oxygen atoms in total. The molecule has 0 aliphatic rings. The van der Waals surface area contributed by atoms with E-state index < -0.39 is 5.82 Å². The Balaban J connectivity index is 2.28. The lowest BCUT2D eigenvalue weighted by Gasteiger charge is -2.17. The van der Waals surface area contributed by atoms with E-state index in [9.17, 15) is 9.18 Å². The zero-order valence-corrected chi connectivity index (χ0v) is 12.2. The first-order chi connectivity index (χ1) is 8.99. The highest BCUT2D eigenvalue weighted by Crippen LogP contribution is 2.20. The summed E-state index contributed by atoms with van der Waals surface area (Å²) in [6.07, 6.45) is 0. The number of hydrogen-bond donors (Lipinski definition) is 0. The van der Waals surface area contributed by atoms with Gasteiger partial charge in [-0.05, 0) is 53.2 Å². The van der Waals surface area contributed by atoms with Gasteiger partial charge in [-0.15, -0.1) is 0 Å². The molecule has 1 amide bonds. The lowest BCUT2D eigenvalue weighted by Crippen LogP contribution is -2.26. The van der Waals surface area contributed by atoms with Crippen LogP contribution in [0, 0.1) is 12.7 Å². The van der Waals surface area contributed by atoms with Gasteiger partial charge in [-0.1, -0.05) is 17.7 Å². The van der Waals surface area contributed by atoms with Crippen molar-refractivity contribution < 1.29 is 9.18 Å². The molecule has 0 atom stereocenters. The van der Waals surface area contributed by atoms with Crippen molar-refractivity contribution in [3.05, 3.63) is 63.9 Å². The van der Waals surface area contributed by atoms with Gasteiger partial charge in [0.2, 0.25) is 0 Å². The van der Waals surface area contributed by atoms with Gasteiger partial charge in [0.15, 0.2) is 0 Å². The second kappa shape index (κ2) is 5.53. The highest BCUT2D eigenvalue weighted by atomic mass is 79.9. The van der Waals surface area contributed by atoms with Gasteiger partial charge in [-0.2, -0.15) is 0 Å². The van der Waals surface area contributed by atoms with Crippen molar-refractivity contribution in [1.82, 2.24) is 0 Å². The molecule has 0 spiro atoms. The minimum atomic E-state index is -0.442. The van der Waals surface area contributed by atoms with Crippen LogP contribution in [-0.2, 0) is 0 Å². The molecular formula is C15H13BrFNO. The van der Waals surface area contributed by atoms with Gasteiger partial charge in [0.1, 0.15) is 5.82 Å². The van der Waals surface area contributed by atoms with Crippen LogP contribution in [0.2, 0.25) is 0 Å². The van der Waals surface area contributed by atoms with Gasteiger partial charge in [0, 0.05) is 18.3 Å². The van der Waals surface area contributed by atoms with Gasteiger partial charge < -0.3 is 4.90 Å². The fraction of sp³-hybridized carbons (Fsp3) is 0.133. The summed E-state index contributed by atoms with van der Waals surface area (Å²) in [5.74, 6) is -0.682. The standard InChI is InChI=1S/C15H13BrFNO/c1-10-3-6-12(7-4-10)18(2)15(19)11-5-8-13(16)14(17)9-11/h3-9H,1-2H3.